The van der Waals surface area contributed by atoms with Crippen molar-refractivity contribution in [3.05, 3.63) is 35.9 Å². The van der Waals surface area contributed by atoms with Crippen molar-refractivity contribution in [2.75, 3.05) is 26.2 Å². The summed E-state index contributed by atoms with van der Waals surface area (Å²) in [4.78, 5) is 36.8. The smallest absolute Gasteiger partial charge is 0.320 e. The van der Waals surface area contributed by atoms with Gasteiger partial charge in [-0.2, -0.15) is 0 Å². The zero-order valence-electron chi connectivity index (χ0n) is 12.5. The Labute approximate surface area is 129 Å². The maximum Gasteiger partial charge on any atom is 0.320 e. The first-order valence-electron chi connectivity index (χ1n) is 7.21. The Kier molecular flexibility index (Phi) is 5.66. The number of esters is 2. The summed E-state index contributed by atoms with van der Waals surface area (Å²) in [5.41, 5.74) is 0.901. The number of hydrogen-bond donors (Lipinski definition) is 0. The van der Waals surface area contributed by atoms with Crippen LogP contribution in [0.4, 0.5) is 0 Å². The topological polar surface area (TPSA) is 72.9 Å². The van der Waals surface area contributed by atoms with E-state index < -0.39 is 17.9 Å². The molecule has 1 saturated heterocycles. The molecule has 118 valence electrons. The van der Waals surface area contributed by atoms with Crippen LogP contribution in [0.25, 0.3) is 0 Å². The zero-order valence-corrected chi connectivity index (χ0v) is 12.5. The first kappa shape index (κ1) is 16.2. The number of Topliss-reactive ketones (excluding diaryl/α,β-unsaturated/α-hetero) is 1. The molecule has 6 nitrogen and oxygen atoms in total. The molecule has 0 saturated carbocycles. The first-order chi connectivity index (χ1) is 10.6. The van der Waals surface area contributed by atoms with Gasteiger partial charge in [0.25, 0.3) is 0 Å². The molecule has 1 fully saturated rings. The van der Waals surface area contributed by atoms with E-state index in [0.29, 0.717) is 0 Å². The minimum atomic E-state index is -0.790. The van der Waals surface area contributed by atoms with Crippen LogP contribution >= 0.6 is 0 Å². The number of nitrogens with zero attached hydrogens (tertiary/aromatic N) is 1. The van der Waals surface area contributed by atoms with Gasteiger partial charge in [-0.1, -0.05) is 30.3 Å². The van der Waals surface area contributed by atoms with Crippen LogP contribution in [-0.4, -0.2) is 48.9 Å². The Bertz CT molecular complexity index is 543. The molecule has 0 aliphatic carbocycles. The number of ketones is 1. The van der Waals surface area contributed by atoms with Crippen molar-refractivity contribution < 1.29 is 23.9 Å². The van der Waals surface area contributed by atoms with E-state index in [4.69, 9.17) is 9.47 Å². The third-order valence-corrected chi connectivity index (χ3v) is 3.38. The predicted octanol–water partition coefficient (Wildman–Crippen LogP) is 0.794. The zero-order chi connectivity index (χ0) is 15.9. The fraction of sp³-hybridized carbons (Fsp3) is 0.438. The maximum absolute atomic E-state index is 11.8. The fourth-order valence-electron chi connectivity index (χ4n) is 2.29. The number of rotatable bonds is 6. The molecular weight excluding hydrogens is 286 g/mol. The van der Waals surface area contributed by atoms with E-state index in [1.807, 2.05) is 30.3 Å². The molecule has 1 heterocycles. The van der Waals surface area contributed by atoms with Gasteiger partial charge in [0.1, 0.15) is 12.5 Å². The van der Waals surface area contributed by atoms with Crippen LogP contribution in [0.3, 0.4) is 0 Å². The van der Waals surface area contributed by atoms with Gasteiger partial charge >= 0.3 is 11.9 Å². The quantitative estimate of drug-likeness (QED) is 0.571. The normalized spacial score (nSPS) is 18.2. The van der Waals surface area contributed by atoms with Gasteiger partial charge in [0.05, 0.1) is 19.7 Å². The van der Waals surface area contributed by atoms with E-state index in [0.717, 1.165) is 5.56 Å². The number of carbonyl (C=O) groups is 3. The highest BCUT2D eigenvalue weighted by Gasteiger charge is 2.37. The van der Waals surface area contributed by atoms with Gasteiger partial charge in [0, 0.05) is 6.54 Å². The molecule has 6 heteroatoms. The number of ether oxygens (including phenoxy) is 2. The van der Waals surface area contributed by atoms with E-state index in [1.54, 1.807) is 11.8 Å². The SMILES string of the molecule is CCOC(=O)C1CN(CC(=O)OCc2ccccc2)CC1=O. The number of hydrogen-bond acceptors (Lipinski definition) is 6. The molecule has 1 aliphatic rings. The highest BCUT2D eigenvalue weighted by atomic mass is 16.5. The van der Waals surface area contributed by atoms with Gasteiger partial charge in [-0.15, -0.1) is 0 Å². The molecule has 0 spiro atoms. The van der Waals surface area contributed by atoms with Gasteiger partial charge in [0.2, 0.25) is 0 Å². The monoisotopic (exact) mass is 305 g/mol. The molecule has 1 unspecified atom stereocenters. The van der Waals surface area contributed by atoms with Crippen LogP contribution in [-0.2, 0) is 30.5 Å². The van der Waals surface area contributed by atoms with Gasteiger partial charge in [-0.3, -0.25) is 19.3 Å². The van der Waals surface area contributed by atoms with Crippen LogP contribution in [0.1, 0.15) is 12.5 Å². The maximum atomic E-state index is 11.8. The lowest BCUT2D eigenvalue weighted by atomic mass is 10.1. The fourth-order valence-corrected chi connectivity index (χ4v) is 2.29. The van der Waals surface area contributed by atoms with E-state index in [2.05, 4.69) is 0 Å². The Hall–Kier alpha value is -2.21. The second kappa shape index (κ2) is 7.70. The summed E-state index contributed by atoms with van der Waals surface area (Å²) in [7, 11) is 0. The molecule has 0 radical (unpaired) electrons. The lowest BCUT2D eigenvalue weighted by molar-refractivity contribution is -0.150. The van der Waals surface area contributed by atoms with E-state index >= 15 is 0 Å². The average Bonchev–Trinajstić information content (AvgIpc) is 2.87. The van der Waals surface area contributed by atoms with Crippen molar-refractivity contribution in [3.8, 4) is 0 Å². The van der Waals surface area contributed by atoms with Crippen LogP contribution < -0.4 is 0 Å². The van der Waals surface area contributed by atoms with Crippen molar-refractivity contribution in [1.29, 1.82) is 0 Å². The summed E-state index contributed by atoms with van der Waals surface area (Å²) in [6.45, 7) is 2.40. The summed E-state index contributed by atoms with van der Waals surface area (Å²) in [5, 5.41) is 0. The Morgan fingerprint density at radius 1 is 1.23 bits per heavy atom. The molecule has 1 atom stereocenters. The predicted molar refractivity (Wildman–Crippen MR) is 77.8 cm³/mol. The molecule has 0 bridgehead atoms. The summed E-state index contributed by atoms with van der Waals surface area (Å²) in [5.74, 6) is -1.94. The van der Waals surface area contributed by atoms with Gasteiger partial charge in [-0.25, -0.2) is 0 Å². The summed E-state index contributed by atoms with van der Waals surface area (Å²) < 4.78 is 10.0. The standard InChI is InChI=1S/C16H19NO5/c1-2-21-16(20)13-8-17(9-14(13)18)10-15(19)22-11-12-6-4-3-5-7-12/h3-7,13H,2,8-11H2,1H3. The highest BCUT2D eigenvalue weighted by molar-refractivity contribution is 6.02. The summed E-state index contributed by atoms with van der Waals surface area (Å²) in [6, 6.07) is 9.35. The van der Waals surface area contributed by atoms with Crippen LogP contribution in [0.5, 0.6) is 0 Å². The summed E-state index contributed by atoms with van der Waals surface area (Å²) >= 11 is 0. The van der Waals surface area contributed by atoms with Gasteiger partial charge in [-0.05, 0) is 12.5 Å². The Balaban J connectivity index is 1.78. The van der Waals surface area contributed by atoms with Crippen LogP contribution in [0.15, 0.2) is 30.3 Å². The lowest BCUT2D eigenvalue weighted by Gasteiger charge is -2.13. The molecule has 1 aliphatic heterocycles. The van der Waals surface area contributed by atoms with Crippen molar-refractivity contribution in [2.45, 2.75) is 13.5 Å². The number of likely N-dealkylation sites (tertiary alicyclic amines) is 1. The van der Waals surface area contributed by atoms with Crippen molar-refractivity contribution in [3.63, 3.8) is 0 Å². The second-order valence-electron chi connectivity index (χ2n) is 5.09. The number of carbonyl (C=O) groups excluding carboxylic acids is 3. The minimum Gasteiger partial charge on any atom is -0.465 e. The highest BCUT2D eigenvalue weighted by Crippen LogP contribution is 2.14. The van der Waals surface area contributed by atoms with E-state index in [1.165, 1.54) is 0 Å². The largest absolute Gasteiger partial charge is 0.465 e. The average molecular weight is 305 g/mol. The molecule has 0 N–H and O–H groups in total. The molecular formula is C16H19NO5. The minimum absolute atomic E-state index is 0.00548. The van der Waals surface area contributed by atoms with Gasteiger partial charge in [0.15, 0.2) is 5.78 Å². The molecule has 22 heavy (non-hydrogen) atoms. The van der Waals surface area contributed by atoms with Crippen molar-refractivity contribution in [1.82, 2.24) is 4.90 Å². The van der Waals surface area contributed by atoms with Crippen molar-refractivity contribution >= 4 is 17.7 Å². The summed E-state index contributed by atoms with van der Waals surface area (Å²) in [6.07, 6.45) is 0. The second-order valence-corrected chi connectivity index (χ2v) is 5.09. The third-order valence-electron chi connectivity index (χ3n) is 3.38. The Morgan fingerprint density at radius 3 is 2.64 bits per heavy atom. The molecule has 0 aromatic heterocycles. The number of benzene rings is 1. The molecule has 2 rings (SSSR count). The molecule has 0 amide bonds. The molecule has 1 aromatic rings. The molecule has 1 aromatic carbocycles. The Morgan fingerprint density at radius 2 is 1.95 bits per heavy atom. The lowest BCUT2D eigenvalue weighted by Crippen LogP contribution is -2.30. The van der Waals surface area contributed by atoms with Gasteiger partial charge < -0.3 is 9.47 Å². The van der Waals surface area contributed by atoms with E-state index in [9.17, 15) is 14.4 Å². The van der Waals surface area contributed by atoms with Crippen molar-refractivity contribution in [2.24, 2.45) is 5.92 Å². The third kappa shape index (κ3) is 4.39. The van der Waals surface area contributed by atoms with Crippen LogP contribution in [0.2, 0.25) is 0 Å². The van der Waals surface area contributed by atoms with Crippen LogP contribution in [0, 0.1) is 5.92 Å². The first-order valence-corrected chi connectivity index (χ1v) is 7.21. The van der Waals surface area contributed by atoms with E-state index in [-0.39, 0.29) is 38.6 Å².